The number of thiocarbonyl (C=S) groups is 1. The lowest BCUT2D eigenvalue weighted by Crippen LogP contribution is -2.47. The summed E-state index contributed by atoms with van der Waals surface area (Å²) in [5.74, 6) is -3.95. The second-order valence-electron chi connectivity index (χ2n) is 8.92. The minimum absolute atomic E-state index is 0.0720. The Balaban J connectivity index is 1.59. The van der Waals surface area contributed by atoms with E-state index >= 15 is 0 Å². The molecular weight excluding hydrogens is 540 g/mol. The van der Waals surface area contributed by atoms with Crippen LogP contribution in [0.3, 0.4) is 0 Å². The maximum atomic E-state index is 12.1. The van der Waals surface area contributed by atoms with Gasteiger partial charge in [-0.15, -0.1) is 0 Å². The molecule has 216 valence electrons. The molecule has 0 aliphatic carbocycles. The monoisotopic (exact) mass is 574 g/mol. The van der Waals surface area contributed by atoms with Crippen molar-refractivity contribution >= 4 is 58.5 Å². The Morgan fingerprint density at radius 1 is 0.875 bits per heavy atom. The van der Waals surface area contributed by atoms with E-state index in [-0.39, 0.29) is 24.6 Å². The molecule has 1 atom stereocenters. The number of carboxylic acid groups (broad SMARTS) is 1. The zero-order valence-electron chi connectivity index (χ0n) is 22.2. The van der Waals surface area contributed by atoms with Gasteiger partial charge in [-0.1, -0.05) is 25.5 Å². The van der Waals surface area contributed by atoms with Crippen molar-refractivity contribution in [1.82, 2.24) is 26.2 Å². The number of amides is 5. The molecule has 40 heavy (non-hydrogen) atoms. The van der Waals surface area contributed by atoms with Gasteiger partial charge in [0.25, 0.3) is 11.8 Å². The smallest absolute Gasteiger partial charge is 0.326 e. The van der Waals surface area contributed by atoms with Crippen LogP contribution in [-0.2, 0) is 35.2 Å². The molecule has 0 spiro atoms. The molecule has 1 aliphatic heterocycles. The van der Waals surface area contributed by atoms with Gasteiger partial charge >= 0.3 is 5.97 Å². The number of carboxylic acids is 1. The molecule has 0 fully saturated rings. The van der Waals surface area contributed by atoms with Gasteiger partial charge in [0.1, 0.15) is 6.04 Å². The number of imide groups is 1. The van der Waals surface area contributed by atoms with Gasteiger partial charge in [-0.3, -0.25) is 28.9 Å². The van der Waals surface area contributed by atoms with Crippen LogP contribution in [0.15, 0.2) is 36.4 Å². The third-order valence-corrected chi connectivity index (χ3v) is 5.96. The Morgan fingerprint density at radius 2 is 1.45 bits per heavy atom. The Labute approximate surface area is 237 Å². The van der Waals surface area contributed by atoms with E-state index in [4.69, 9.17) is 12.2 Å². The van der Waals surface area contributed by atoms with Gasteiger partial charge in [-0.25, -0.2) is 4.79 Å². The number of nitrogens with one attached hydrogen (secondary N) is 5. The Hall–Kier alpha value is -4.33. The molecule has 0 bridgehead atoms. The summed E-state index contributed by atoms with van der Waals surface area (Å²) in [7, 11) is 0. The highest BCUT2D eigenvalue weighted by Gasteiger charge is 2.24. The van der Waals surface area contributed by atoms with E-state index in [0.29, 0.717) is 12.8 Å². The highest BCUT2D eigenvalue weighted by atomic mass is 32.1. The van der Waals surface area contributed by atoms with E-state index in [1.165, 1.54) is 17.7 Å². The van der Waals surface area contributed by atoms with E-state index in [1.807, 2.05) is 24.3 Å². The highest BCUT2D eigenvalue weighted by Crippen LogP contribution is 2.11. The lowest BCUT2D eigenvalue weighted by atomic mass is 10.1. The molecule has 1 aliphatic rings. The third kappa shape index (κ3) is 11.6. The predicted octanol–water partition coefficient (Wildman–Crippen LogP) is -0.177. The van der Waals surface area contributed by atoms with Crippen molar-refractivity contribution in [3.05, 3.63) is 42.0 Å². The molecule has 0 saturated heterocycles. The van der Waals surface area contributed by atoms with Crippen molar-refractivity contribution in [2.75, 3.05) is 31.5 Å². The maximum absolute atomic E-state index is 12.1. The van der Waals surface area contributed by atoms with Crippen LogP contribution in [0.1, 0.15) is 38.2 Å². The topological polar surface area (TPSA) is 186 Å². The highest BCUT2D eigenvalue weighted by molar-refractivity contribution is 7.80. The fourth-order valence-electron chi connectivity index (χ4n) is 3.63. The quantitative estimate of drug-likeness (QED) is 0.0879. The first-order chi connectivity index (χ1) is 19.1. The fourth-order valence-corrected chi connectivity index (χ4v) is 3.82. The Bertz CT molecular complexity index is 1120. The molecule has 1 heterocycles. The summed E-state index contributed by atoms with van der Waals surface area (Å²) in [6.45, 7) is 1.20. The van der Waals surface area contributed by atoms with Gasteiger partial charge in [0.05, 0.1) is 19.6 Å². The molecule has 6 N–H and O–H groups in total. The molecule has 0 saturated carbocycles. The predicted molar refractivity (Wildman–Crippen MR) is 150 cm³/mol. The van der Waals surface area contributed by atoms with Crippen LogP contribution in [0.2, 0.25) is 0 Å². The number of anilines is 1. The van der Waals surface area contributed by atoms with Crippen molar-refractivity contribution < 1.29 is 33.9 Å². The summed E-state index contributed by atoms with van der Waals surface area (Å²) in [4.78, 5) is 71.6. The molecule has 1 aromatic rings. The normalized spacial score (nSPS) is 13.0. The largest absolute Gasteiger partial charge is 0.480 e. The van der Waals surface area contributed by atoms with E-state index in [0.717, 1.165) is 23.4 Å². The number of hydrogen-bond acceptors (Lipinski definition) is 7. The first-order valence-corrected chi connectivity index (χ1v) is 13.2. The zero-order chi connectivity index (χ0) is 29.5. The number of rotatable bonds is 16. The molecule has 1 aromatic carbocycles. The van der Waals surface area contributed by atoms with Gasteiger partial charge in [-0.05, 0) is 55.6 Å². The third-order valence-electron chi connectivity index (χ3n) is 5.71. The molecule has 14 heteroatoms. The molecule has 13 nitrogen and oxygen atoms in total. The first kappa shape index (κ1) is 31.9. The summed E-state index contributed by atoms with van der Waals surface area (Å²) < 4.78 is 0. The Morgan fingerprint density at radius 3 is 2.02 bits per heavy atom. The summed E-state index contributed by atoms with van der Waals surface area (Å²) in [5, 5.41) is 22.3. The molecule has 0 aromatic heterocycles. The van der Waals surface area contributed by atoms with Crippen molar-refractivity contribution in [2.45, 2.75) is 45.1 Å². The average Bonchev–Trinajstić information content (AvgIpc) is 3.24. The minimum Gasteiger partial charge on any atom is -0.480 e. The van der Waals surface area contributed by atoms with Crippen LogP contribution in [-0.4, -0.2) is 82.8 Å². The number of hydrogen-bond donors (Lipinski definition) is 6. The van der Waals surface area contributed by atoms with Crippen molar-refractivity contribution in [2.24, 2.45) is 0 Å². The summed E-state index contributed by atoms with van der Waals surface area (Å²) >= 11 is 5.17. The van der Waals surface area contributed by atoms with E-state index in [9.17, 15) is 33.9 Å². The van der Waals surface area contributed by atoms with Gasteiger partial charge in [0, 0.05) is 24.4 Å². The van der Waals surface area contributed by atoms with Crippen LogP contribution in [0.5, 0.6) is 0 Å². The molecule has 0 radical (unpaired) electrons. The molecule has 1 unspecified atom stereocenters. The number of aryl methyl sites for hydroxylation is 1. The van der Waals surface area contributed by atoms with Crippen LogP contribution in [0.25, 0.3) is 0 Å². The standard InChI is InChI=1S/C26H34N6O7S/c1-2-5-17-7-9-18(10-8-17)30-26(40)29-15-21(34)27-14-20(33)28-16-22(35)31-19(25(38)39)6-3-4-13-32-23(36)11-12-24(32)37/h7-12,19H,2-6,13-16H2,1H3,(H,27,34)(H,28,33)(H,31,35)(H,38,39)(H2,29,30,40). The van der Waals surface area contributed by atoms with Crippen molar-refractivity contribution in [3.63, 3.8) is 0 Å². The van der Waals surface area contributed by atoms with E-state index < -0.39 is 54.6 Å². The van der Waals surface area contributed by atoms with Crippen molar-refractivity contribution in [1.29, 1.82) is 0 Å². The van der Waals surface area contributed by atoms with Crippen molar-refractivity contribution in [3.8, 4) is 0 Å². The molecule has 2 rings (SSSR count). The van der Waals surface area contributed by atoms with Crippen LogP contribution in [0.4, 0.5) is 5.69 Å². The number of carbonyl (C=O) groups excluding carboxylic acids is 5. The lowest BCUT2D eigenvalue weighted by Gasteiger charge is -2.16. The van der Waals surface area contributed by atoms with Gasteiger partial charge < -0.3 is 31.7 Å². The van der Waals surface area contributed by atoms with E-state index in [2.05, 4.69) is 33.5 Å². The second kappa shape index (κ2) is 16.6. The van der Waals surface area contributed by atoms with Gasteiger partial charge in [0.2, 0.25) is 17.7 Å². The Kier molecular flexibility index (Phi) is 13.2. The maximum Gasteiger partial charge on any atom is 0.326 e. The van der Waals surface area contributed by atoms with Crippen LogP contribution >= 0.6 is 12.2 Å². The number of benzene rings is 1. The first-order valence-electron chi connectivity index (χ1n) is 12.8. The fraction of sp³-hybridized carbons (Fsp3) is 0.423. The number of aliphatic carboxylic acids is 1. The zero-order valence-corrected chi connectivity index (χ0v) is 23.0. The lowest BCUT2D eigenvalue weighted by molar-refractivity contribution is -0.142. The molecular formula is C26H34N6O7S. The second-order valence-corrected chi connectivity index (χ2v) is 9.33. The van der Waals surface area contributed by atoms with Crippen LogP contribution < -0.4 is 26.6 Å². The summed E-state index contributed by atoms with van der Waals surface area (Å²) in [6.07, 6.45) is 5.15. The minimum atomic E-state index is -1.25. The number of nitrogens with zero attached hydrogens (tertiary/aromatic N) is 1. The van der Waals surface area contributed by atoms with Gasteiger partial charge in [-0.2, -0.15) is 0 Å². The van der Waals surface area contributed by atoms with Crippen LogP contribution in [0, 0.1) is 0 Å². The SMILES string of the molecule is CCCc1ccc(NC(=S)NCC(=O)NCC(=O)NCC(=O)NC(CCCCN2C(=O)C=CC2=O)C(=O)O)cc1. The van der Waals surface area contributed by atoms with E-state index in [1.54, 1.807) is 0 Å². The average molecular weight is 575 g/mol. The number of carbonyl (C=O) groups is 6. The van der Waals surface area contributed by atoms with Gasteiger partial charge in [0.15, 0.2) is 5.11 Å². The summed E-state index contributed by atoms with van der Waals surface area (Å²) in [5.41, 5.74) is 1.98. The summed E-state index contributed by atoms with van der Waals surface area (Å²) in [6, 6.07) is 6.55. The molecule has 5 amide bonds. The number of unbranched alkanes of at least 4 members (excludes halogenated alkanes) is 1.